The van der Waals surface area contributed by atoms with Crippen molar-refractivity contribution in [1.29, 1.82) is 0 Å². The van der Waals surface area contributed by atoms with Crippen molar-refractivity contribution in [3.05, 3.63) is 33.4 Å². The SMILES string of the molecule is COC(=O)C(Cc1cccc(I)c1)C(=O)OC. The minimum atomic E-state index is -0.900. The summed E-state index contributed by atoms with van der Waals surface area (Å²) >= 11 is 2.17. The smallest absolute Gasteiger partial charge is 0.320 e. The highest BCUT2D eigenvalue weighted by Gasteiger charge is 2.28. The van der Waals surface area contributed by atoms with E-state index in [1.165, 1.54) is 14.2 Å². The molecule has 0 spiro atoms. The largest absolute Gasteiger partial charge is 0.468 e. The van der Waals surface area contributed by atoms with Crippen molar-refractivity contribution >= 4 is 34.5 Å². The van der Waals surface area contributed by atoms with E-state index in [4.69, 9.17) is 0 Å². The zero-order chi connectivity index (χ0) is 12.8. The van der Waals surface area contributed by atoms with Gasteiger partial charge in [-0.05, 0) is 46.7 Å². The number of halogens is 1. The van der Waals surface area contributed by atoms with Crippen LogP contribution >= 0.6 is 22.6 Å². The molecule has 0 amide bonds. The molecule has 92 valence electrons. The highest BCUT2D eigenvalue weighted by molar-refractivity contribution is 14.1. The lowest BCUT2D eigenvalue weighted by molar-refractivity contribution is -0.158. The number of esters is 2. The fraction of sp³-hybridized carbons (Fsp3) is 0.333. The Hall–Kier alpha value is -1.11. The van der Waals surface area contributed by atoms with Crippen LogP contribution in [0.3, 0.4) is 0 Å². The summed E-state index contributed by atoms with van der Waals surface area (Å²) in [5.74, 6) is -2.05. The van der Waals surface area contributed by atoms with E-state index < -0.39 is 17.9 Å². The Bertz CT molecular complexity index is 401. The second-order valence-corrected chi connectivity index (χ2v) is 4.68. The van der Waals surface area contributed by atoms with Gasteiger partial charge in [-0.2, -0.15) is 0 Å². The Morgan fingerprint density at radius 3 is 2.29 bits per heavy atom. The molecule has 0 saturated heterocycles. The molecule has 0 heterocycles. The average molecular weight is 348 g/mol. The van der Waals surface area contributed by atoms with Crippen molar-refractivity contribution in [2.24, 2.45) is 5.92 Å². The zero-order valence-electron chi connectivity index (χ0n) is 9.60. The summed E-state index contributed by atoms with van der Waals surface area (Å²) in [4.78, 5) is 23.0. The van der Waals surface area contributed by atoms with Gasteiger partial charge in [0.25, 0.3) is 0 Å². The molecule has 1 aromatic rings. The van der Waals surface area contributed by atoms with Crippen molar-refractivity contribution in [3.8, 4) is 0 Å². The predicted octanol–water partition coefficient (Wildman–Crippen LogP) is 1.80. The minimum Gasteiger partial charge on any atom is -0.468 e. The topological polar surface area (TPSA) is 52.6 Å². The molecule has 0 aromatic heterocycles. The maximum absolute atomic E-state index is 11.5. The molecule has 17 heavy (non-hydrogen) atoms. The van der Waals surface area contributed by atoms with Gasteiger partial charge in [-0.15, -0.1) is 0 Å². The molecule has 1 aromatic carbocycles. The molecule has 0 aliphatic rings. The molecular formula is C12H13IO4. The van der Waals surface area contributed by atoms with Crippen LogP contribution in [0, 0.1) is 9.49 Å². The minimum absolute atomic E-state index is 0.288. The van der Waals surface area contributed by atoms with Gasteiger partial charge in [-0.3, -0.25) is 9.59 Å². The molecule has 0 atom stereocenters. The van der Waals surface area contributed by atoms with Gasteiger partial charge in [0.05, 0.1) is 14.2 Å². The summed E-state index contributed by atoms with van der Waals surface area (Å²) in [5, 5.41) is 0. The highest BCUT2D eigenvalue weighted by Crippen LogP contribution is 2.14. The van der Waals surface area contributed by atoms with E-state index in [2.05, 4.69) is 32.1 Å². The number of carbonyl (C=O) groups excluding carboxylic acids is 2. The van der Waals surface area contributed by atoms with Crippen molar-refractivity contribution < 1.29 is 19.1 Å². The first-order valence-electron chi connectivity index (χ1n) is 4.98. The summed E-state index contributed by atoms with van der Waals surface area (Å²) < 4.78 is 10.2. The fourth-order valence-electron chi connectivity index (χ4n) is 1.45. The van der Waals surface area contributed by atoms with E-state index in [1.54, 1.807) is 0 Å². The van der Waals surface area contributed by atoms with E-state index >= 15 is 0 Å². The lowest BCUT2D eigenvalue weighted by atomic mass is 10.00. The lowest BCUT2D eigenvalue weighted by Crippen LogP contribution is -2.28. The van der Waals surface area contributed by atoms with Gasteiger partial charge in [0.15, 0.2) is 5.92 Å². The number of methoxy groups -OCH3 is 2. The Labute approximate surface area is 113 Å². The van der Waals surface area contributed by atoms with Crippen molar-refractivity contribution in [3.63, 3.8) is 0 Å². The van der Waals surface area contributed by atoms with E-state index in [1.807, 2.05) is 24.3 Å². The third-order valence-electron chi connectivity index (χ3n) is 2.30. The number of benzene rings is 1. The maximum Gasteiger partial charge on any atom is 0.320 e. The zero-order valence-corrected chi connectivity index (χ0v) is 11.8. The molecule has 0 N–H and O–H groups in total. The molecule has 0 radical (unpaired) electrons. The number of ether oxygens (including phenoxy) is 2. The summed E-state index contributed by atoms with van der Waals surface area (Å²) in [6, 6.07) is 7.60. The normalized spacial score (nSPS) is 10.1. The molecule has 4 nitrogen and oxygen atoms in total. The van der Waals surface area contributed by atoms with Crippen LogP contribution in [0.25, 0.3) is 0 Å². The van der Waals surface area contributed by atoms with Gasteiger partial charge in [-0.1, -0.05) is 12.1 Å². The van der Waals surface area contributed by atoms with E-state index in [0.29, 0.717) is 0 Å². The molecule has 0 aliphatic heterocycles. The van der Waals surface area contributed by atoms with Gasteiger partial charge >= 0.3 is 11.9 Å². The van der Waals surface area contributed by atoms with Crippen LogP contribution in [0.4, 0.5) is 0 Å². The highest BCUT2D eigenvalue weighted by atomic mass is 127. The Morgan fingerprint density at radius 1 is 1.24 bits per heavy atom. The molecular weight excluding hydrogens is 335 g/mol. The first-order valence-corrected chi connectivity index (χ1v) is 6.06. The molecule has 0 saturated carbocycles. The second-order valence-electron chi connectivity index (χ2n) is 3.43. The number of hydrogen-bond acceptors (Lipinski definition) is 4. The predicted molar refractivity (Wildman–Crippen MR) is 70.4 cm³/mol. The average Bonchev–Trinajstić information content (AvgIpc) is 2.34. The van der Waals surface area contributed by atoms with Crippen LogP contribution < -0.4 is 0 Å². The quantitative estimate of drug-likeness (QED) is 0.473. The monoisotopic (exact) mass is 348 g/mol. The summed E-state index contributed by atoms with van der Waals surface area (Å²) in [6.45, 7) is 0. The number of hydrogen-bond donors (Lipinski definition) is 0. The van der Waals surface area contributed by atoms with Gasteiger partial charge in [0.1, 0.15) is 0 Å². The summed E-state index contributed by atoms with van der Waals surface area (Å²) in [5.41, 5.74) is 0.901. The molecule has 0 bridgehead atoms. The molecule has 1 rings (SSSR count). The Balaban J connectivity index is 2.86. The standard InChI is InChI=1S/C12H13IO4/c1-16-11(14)10(12(15)17-2)7-8-4-3-5-9(13)6-8/h3-6,10H,7H2,1-2H3. The number of carbonyl (C=O) groups is 2. The Morgan fingerprint density at radius 2 is 1.82 bits per heavy atom. The first-order chi connectivity index (χ1) is 8.08. The van der Waals surface area contributed by atoms with Crippen LogP contribution in [-0.4, -0.2) is 26.2 Å². The maximum atomic E-state index is 11.5. The second kappa shape index (κ2) is 6.58. The van der Waals surface area contributed by atoms with Gasteiger partial charge in [0.2, 0.25) is 0 Å². The fourth-order valence-corrected chi connectivity index (χ4v) is 2.05. The van der Waals surface area contributed by atoms with E-state index in [0.717, 1.165) is 9.13 Å². The van der Waals surface area contributed by atoms with Crippen molar-refractivity contribution in [2.75, 3.05) is 14.2 Å². The van der Waals surface area contributed by atoms with Gasteiger partial charge < -0.3 is 9.47 Å². The van der Waals surface area contributed by atoms with Crippen molar-refractivity contribution in [1.82, 2.24) is 0 Å². The lowest BCUT2D eigenvalue weighted by Gasteiger charge is -2.12. The Kier molecular flexibility index (Phi) is 5.40. The molecule has 0 fully saturated rings. The number of rotatable bonds is 4. The van der Waals surface area contributed by atoms with Crippen molar-refractivity contribution in [2.45, 2.75) is 6.42 Å². The summed E-state index contributed by atoms with van der Waals surface area (Å²) in [7, 11) is 2.51. The van der Waals surface area contributed by atoms with Crippen LogP contribution in [0.15, 0.2) is 24.3 Å². The van der Waals surface area contributed by atoms with Crippen LogP contribution in [0.1, 0.15) is 5.56 Å². The van der Waals surface area contributed by atoms with E-state index in [-0.39, 0.29) is 6.42 Å². The van der Waals surface area contributed by atoms with E-state index in [9.17, 15) is 9.59 Å². The third kappa shape index (κ3) is 3.99. The van der Waals surface area contributed by atoms with Crippen LogP contribution in [0.2, 0.25) is 0 Å². The summed E-state index contributed by atoms with van der Waals surface area (Å²) in [6.07, 6.45) is 0.288. The third-order valence-corrected chi connectivity index (χ3v) is 2.97. The van der Waals surface area contributed by atoms with Gasteiger partial charge in [-0.25, -0.2) is 0 Å². The van der Waals surface area contributed by atoms with Crippen LogP contribution in [0.5, 0.6) is 0 Å². The molecule has 5 heteroatoms. The van der Waals surface area contributed by atoms with Crippen LogP contribution in [-0.2, 0) is 25.5 Å². The molecule has 0 aliphatic carbocycles. The van der Waals surface area contributed by atoms with Gasteiger partial charge in [0, 0.05) is 3.57 Å². The first kappa shape index (κ1) is 14.0. The molecule has 0 unspecified atom stereocenters.